The SMILES string of the molecule is C=Nc1ccc(N2CCc3[nH]c4cccc(F)c4c3C2)cc1CCN1CCCCC1. The molecule has 4 nitrogen and oxygen atoms in total. The highest BCUT2D eigenvalue weighted by Gasteiger charge is 2.23. The first kappa shape index (κ1) is 19.3. The molecule has 0 aliphatic carbocycles. The van der Waals surface area contributed by atoms with Crippen LogP contribution in [-0.4, -0.2) is 42.8 Å². The highest BCUT2D eigenvalue weighted by molar-refractivity contribution is 5.86. The van der Waals surface area contributed by atoms with Crippen LogP contribution in [0.1, 0.15) is 36.1 Å². The molecule has 5 heteroatoms. The normalized spacial score (nSPS) is 17.3. The van der Waals surface area contributed by atoms with Gasteiger partial charge in [-0.3, -0.25) is 4.99 Å². The number of anilines is 1. The number of hydrogen-bond donors (Lipinski definition) is 1. The summed E-state index contributed by atoms with van der Waals surface area (Å²) in [5.74, 6) is -0.139. The minimum atomic E-state index is -0.139. The fourth-order valence-corrected chi connectivity index (χ4v) is 5.03. The van der Waals surface area contributed by atoms with Crippen LogP contribution in [0, 0.1) is 5.82 Å². The van der Waals surface area contributed by atoms with Gasteiger partial charge in [-0.1, -0.05) is 12.5 Å². The van der Waals surface area contributed by atoms with E-state index in [4.69, 9.17) is 0 Å². The minimum absolute atomic E-state index is 0.139. The first-order chi connectivity index (χ1) is 14.7. The lowest BCUT2D eigenvalue weighted by Gasteiger charge is -2.30. The number of hydrogen-bond acceptors (Lipinski definition) is 3. The van der Waals surface area contributed by atoms with Gasteiger partial charge in [0.15, 0.2) is 0 Å². The van der Waals surface area contributed by atoms with Gasteiger partial charge in [0.2, 0.25) is 0 Å². The molecular weight excluding hydrogens is 375 g/mol. The van der Waals surface area contributed by atoms with Gasteiger partial charge in [-0.05, 0) is 75.0 Å². The standard InChI is InChI=1S/C25H29FN4/c1-27-22-9-8-19(16-18(22)10-14-29-12-3-2-4-13-29)30-15-11-23-20(17-30)25-21(26)6-5-7-24(25)28-23/h5-9,16,28H,1-4,10-15,17H2. The summed E-state index contributed by atoms with van der Waals surface area (Å²) in [6.07, 6.45) is 5.86. The van der Waals surface area contributed by atoms with Gasteiger partial charge in [-0.25, -0.2) is 4.39 Å². The highest BCUT2D eigenvalue weighted by Crippen LogP contribution is 2.33. The van der Waals surface area contributed by atoms with Crippen LogP contribution >= 0.6 is 0 Å². The van der Waals surface area contributed by atoms with Crippen molar-refractivity contribution >= 4 is 29.0 Å². The molecule has 0 radical (unpaired) electrons. The van der Waals surface area contributed by atoms with Crippen molar-refractivity contribution in [3.63, 3.8) is 0 Å². The van der Waals surface area contributed by atoms with E-state index in [0.717, 1.165) is 54.6 Å². The van der Waals surface area contributed by atoms with Crippen LogP contribution in [0.3, 0.4) is 0 Å². The van der Waals surface area contributed by atoms with Crippen LogP contribution in [-0.2, 0) is 19.4 Å². The zero-order chi connectivity index (χ0) is 20.5. The second-order valence-electron chi connectivity index (χ2n) is 8.54. The number of aliphatic imine (C=N–C) groups is 1. The third-order valence-electron chi connectivity index (χ3n) is 6.69. The maximum Gasteiger partial charge on any atom is 0.132 e. The molecule has 156 valence electrons. The lowest BCUT2D eigenvalue weighted by molar-refractivity contribution is 0.231. The van der Waals surface area contributed by atoms with Crippen molar-refractivity contribution in [2.75, 3.05) is 31.1 Å². The molecule has 2 aliphatic rings. The fraction of sp³-hybridized carbons (Fsp3) is 0.400. The fourth-order valence-electron chi connectivity index (χ4n) is 5.03. The summed E-state index contributed by atoms with van der Waals surface area (Å²) in [5.41, 5.74) is 6.58. The van der Waals surface area contributed by atoms with E-state index < -0.39 is 0 Å². The van der Waals surface area contributed by atoms with E-state index >= 15 is 0 Å². The van der Waals surface area contributed by atoms with E-state index in [1.165, 1.54) is 49.3 Å². The number of nitrogens with one attached hydrogen (secondary N) is 1. The quantitative estimate of drug-likeness (QED) is 0.591. The van der Waals surface area contributed by atoms with Crippen molar-refractivity contribution in [3.05, 3.63) is 59.0 Å². The molecule has 2 aliphatic heterocycles. The topological polar surface area (TPSA) is 34.6 Å². The van der Waals surface area contributed by atoms with Crippen LogP contribution in [0.2, 0.25) is 0 Å². The average molecular weight is 405 g/mol. The van der Waals surface area contributed by atoms with Gasteiger partial charge in [-0.2, -0.15) is 0 Å². The lowest BCUT2D eigenvalue weighted by atomic mass is 10.0. The Bertz CT molecular complexity index is 1060. The highest BCUT2D eigenvalue weighted by atomic mass is 19.1. The summed E-state index contributed by atoms with van der Waals surface area (Å²) in [6.45, 7) is 8.91. The summed E-state index contributed by atoms with van der Waals surface area (Å²) in [7, 11) is 0. The summed E-state index contributed by atoms with van der Waals surface area (Å²) in [5, 5.41) is 0.743. The molecule has 0 bridgehead atoms. The summed E-state index contributed by atoms with van der Waals surface area (Å²) < 4.78 is 14.5. The molecular formula is C25H29FN4. The molecule has 3 aromatic rings. The summed E-state index contributed by atoms with van der Waals surface area (Å²) in [4.78, 5) is 12.6. The number of nitrogens with zero attached hydrogens (tertiary/aromatic N) is 3. The Balaban J connectivity index is 1.39. The van der Waals surface area contributed by atoms with E-state index in [-0.39, 0.29) is 5.82 Å². The molecule has 0 unspecified atom stereocenters. The monoisotopic (exact) mass is 404 g/mol. The number of fused-ring (bicyclic) bond motifs is 3. The first-order valence-corrected chi connectivity index (χ1v) is 11.1. The third kappa shape index (κ3) is 3.63. The number of aromatic amines is 1. The molecule has 0 spiro atoms. The number of piperidine rings is 1. The summed E-state index contributed by atoms with van der Waals surface area (Å²) in [6, 6.07) is 11.8. The van der Waals surface area contributed by atoms with Gasteiger partial charge in [0, 0.05) is 53.9 Å². The molecule has 5 rings (SSSR count). The van der Waals surface area contributed by atoms with Crippen LogP contribution in [0.4, 0.5) is 15.8 Å². The number of benzene rings is 2. The maximum atomic E-state index is 14.5. The summed E-state index contributed by atoms with van der Waals surface area (Å²) >= 11 is 0. The van der Waals surface area contributed by atoms with Gasteiger partial charge in [0.05, 0.1) is 5.69 Å². The number of H-pyrrole nitrogens is 1. The first-order valence-electron chi connectivity index (χ1n) is 11.1. The number of likely N-dealkylation sites (tertiary alicyclic amines) is 1. The Morgan fingerprint density at radius 3 is 2.77 bits per heavy atom. The van der Waals surface area contributed by atoms with Crippen molar-refractivity contribution in [2.45, 2.75) is 38.6 Å². The van der Waals surface area contributed by atoms with Gasteiger partial charge in [0.1, 0.15) is 5.82 Å². The predicted octanol–water partition coefficient (Wildman–Crippen LogP) is 5.23. The molecule has 3 heterocycles. The molecule has 0 saturated carbocycles. The average Bonchev–Trinajstić information content (AvgIpc) is 3.17. The van der Waals surface area contributed by atoms with Crippen LogP contribution < -0.4 is 4.90 Å². The molecule has 0 atom stereocenters. The predicted molar refractivity (Wildman–Crippen MR) is 123 cm³/mol. The second-order valence-corrected chi connectivity index (χ2v) is 8.54. The van der Waals surface area contributed by atoms with Gasteiger partial charge < -0.3 is 14.8 Å². The number of aromatic nitrogens is 1. The molecule has 2 aromatic carbocycles. The molecule has 30 heavy (non-hydrogen) atoms. The number of rotatable bonds is 5. The van der Waals surface area contributed by atoms with Gasteiger partial charge >= 0.3 is 0 Å². The van der Waals surface area contributed by atoms with Crippen molar-refractivity contribution in [3.8, 4) is 0 Å². The molecule has 0 amide bonds. The zero-order valence-electron chi connectivity index (χ0n) is 17.5. The maximum absolute atomic E-state index is 14.5. The Hall–Kier alpha value is -2.66. The largest absolute Gasteiger partial charge is 0.367 e. The smallest absolute Gasteiger partial charge is 0.132 e. The lowest BCUT2D eigenvalue weighted by Crippen LogP contribution is -2.32. The number of halogens is 1. The van der Waals surface area contributed by atoms with Crippen molar-refractivity contribution < 1.29 is 4.39 Å². The third-order valence-corrected chi connectivity index (χ3v) is 6.69. The van der Waals surface area contributed by atoms with E-state index in [2.05, 4.69) is 44.7 Å². The molecule has 1 saturated heterocycles. The second kappa shape index (κ2) is 8.23. The Kier molecular flexibility index (Phi) is 5.30. The molecule has 1 aromatic heterocycles. The Morgan fingerprint density at radius 1 is 1.07 bits per heavy atom. The van der Waals surface area contributed by atoms with Gasteiger partial charge in [0.25, 0.3) is 0 Å². The Morgan fingerprint density at radius 2 is 1.93 bits per heavy atom. The van der Waals surface area contributed by atoms with Gasteiger partial charge in [-0.15, -0.1) is 0 Å². The van der Waals surface area contributed by atoms with Crippen LogP contribution in [0.15, 0.2) is 41.4 Å². The van der Waals surface area contributed by atoms with Crippen LogP contribution in [0.5, 0.6) is 0 Å². The van der Waals surface area contributed by atoms with E-state index in [1.807, 2.05) is 6.07 Å². The van der Waals surface area contributed by atoms with E-state index in [9.17, 15) is 4.39 Å². The van der Waals surface area contributed by atoms with Crippen molar-refractivity contribution in [1.82, 2.24) is 9.88 Å². The molecule has 1 N–H and O–H groups in total. The molecule has 1 fully saturated rings. The van der Waals surface area contributed by atoms with E-state index in [1.54, 1.807) is 12.1 Å². The van der Waals surface area contributed by atoms with Crippen LogP contribution in [0.25, 0.3) is 10.9 Å². The van der Waals surface area contributed by atoms with Crippen molar-refractivity contribution in [1.29, 1.82) is 0 Å². The Labute approximate surface area is 177 Å². The zero-order valence-corrected chi connectivity index (χ0v) is 17.5. The van der Waals surface area contributed by atoms with Crippen molar-refractivity contribution in [2.24, 2.45) is 4.99 Å². The van der Waals surface area contributed by atoms with E-state index in [0.29, 0.717) is 0 Å². The minimum Gasteiger partial charge on any atom is -0.367 e.